The number of hydrogen-bond acceptors (Lipinski definition) is 2. The smallest absolute Gasteiger partial charge is 0.137 e. The highest BCUT2D eigenvalue weighted by molar-refractivity contribution is 6.32. The molecule has 1 aromatic rings. The van der Waals surface area contributed by atoms with E-state index in [9.17, 15) is 5.11 Å². The number of aliphatic hydroxyl groups excluding tert-OH is 1. The second-order valence-electron chi connectivity index (χ2n) is 5.88. The van der Waals surface area contributed by atoms with Crippen LogP contribution in [0.3, 0.4) is 0 Å². The molecule has 1 saturated carbocycles. The number of alkyl halides is 1. The van der Waals surface area contributed by atoms with Crippen molar-refractivity contribution in [3.05, 3.63) is 41.4 Å². The molecule has 2 rings (SSSR count). The van der Waals surface area contributed by atoms with E-state index in [0.717, 1.165) is 19.3 Å². The van der Waals surface area contributed by atoms with Crippen LogP contribution in [-0.4, -0.2) is 23.2 Å². The number of benzene rings is 1. The van der Waals surface area contributed by atoms with Gasteiger partial charge in [-0.3, -0.25) is 0 Å². The molecule has 1 fully saturated rings. The Bertz CT molecular complexity index is 490. The molecule has 0 heterocycles. The number of unbranched alkanes of at least 4 members (excludes halogenated alkanes) is 1. The fourth-order valence-electron chi connectivity index (χ4n) is 2.98. The number of ether oxygens (including phenoxy) is 1. The molecule has 0 radical (unpaired) electrons. The zero-order valence-corrected chi connectivity index (χ0v) is 14.4. The molecule has 1 aromatic carbocycles. The van der Waals surface area contributed by atoms with E-state index in [0.29, 0.717) is 23.8 Å². The highest BCUT2D eigenvalue weighted by Gasteiger charge is 2.41. The van der Waals surface area contributed by atoms with E-state index in [-0.39, 0.29) is 17.2 Å². The third kappa shape index (κ3) is 4.65. The first-order chi connectivity index (χ1) is 10.6. The van der Waals surface area contributed by atoms with Crippen molar-refractivity contribution >= 4 is 23.2 Å². The number of aliphatic hydroxyl groups is 1. The molecule has 0 bridgehead atoms. The lowest BCUT2D eigenvalue weighted by molar-refractivity contribution is 0.0808. The molecule has 0 amide bonds. The average molecular weight is 343 g/mol. The number of allylic oxidation sites excluding steroid dienone is 2. The maximum atomic E-state index is 10.3. The molecule has 1 N–H and O–H groups in total. The molecule has 122 valence electrons. The van der Waals surface area contributed by atoms with Crippen LogP contribution in [0, 0.1) is 11.8 Å². The normalized spacial score (nSPS) is 28.4. The third-order valence-electron chi connectivity index (χ3n) is 4.27. The van der Waals surface area contributed by atoms with E-state index >= 15 is 0 Å². The summed E-state index contributed by atoms with van der Waals surface area (Å²) in [4.78, 5) is 0. The Morgan fingerprint density at radius 3 is 2.77 bits per heavy atom. The van der Waals surface area contributed by atoms with Crippen molar-refractivity contribution in [3.8, 4) is 5.75 Å². The molecule has 1 aliphatic rings. The van der Waals surface area contributed by atoms with Gasteiger partial charge in [0.25, 0.3) is 0 Å². The maximum absolute atomic E-state index is 10.3. The highest BCUT2D eigenvalue weighted by atomic mass is 35.5. The summed E-state index contributed by atoms with van der Waals surface area (Å²) in [6.07, 6.45) is 7.72. The van der Waals surface area contributed by atoms with Crippen molar-refractivity contribution < 1.29 is 9.84 Å². The first-order valence-corrected chi connectivity index (χ1v) is 8.79. The largest absolute Gasteiger partial charge is 0.492 e. The van der Waals surface area contributed by atoms with Crippen LogP contribution in [0.5, 0.6) is 5.75 Å². The SMILES string of the molecule is CCC/C=C\C[C@@H]1[C@@H](COc2ccccc2Cl)[C@H](O)C[C@H]1Cl. The van der Waals surface area contributed by atoms with E-state index in [2.05, 4.69) is 19.1 Å². The Labute approximate surface area is 143 Å². The predicted molar refractivity (Wildman–Crippen MR) is 92.9 cm³/mol. The molecule has 0 unspecified atom stereocenters. The van der Waals surface area contributed by atoms with Gasteiger partial charge in [0, 0.05) is 11.3 Å². The average Bonchev–Trinajstić information content (AvgIpc) is 2.77. The summed E-state index contributed by atoms with van der Waals surface area (Å²) in [5.74, 6) is 0.951. The van der Waals surface area contributed by atoms with Crippen LogP contribution in [0.1, 0.15) is 32.6 Å². The van der Waals surface area contributed by atoms with Gasteiger partial charge in [-0.15, -0.1) is 11.6 Å². The Kier molecular flexibility index (Phi) is 7.07. The van der Waals surface area contributed by atoms with Crippen LogP contribution in [0.4, 0.5) is 0 Å². The third-order valence-corrected chi connectivity index (χ3v) is 5.09. The van der Waals surface area contributed by atoms with Crippen molar-refractivity contribution in [1.29, 1.82) is 0 Å². The topological polar surface area (TPSA) is 29.5 Å². The summed E-state index contributed by atoms with van der Waals surface area (Å²) >= 11 is 12.5. The van der Waals surface area contributed by atoms with E-state index in [1.807, 2.05) is 18.2 Å². The van der Waals surface area contributed by atoms with Gasteiger partial charge in [0.1, 0.15) is 5.75 Å². The maximum Gasteiger partial charge on any atom is 0.137 e. The standard InChI is InChI=1S/C18H24Cl2O2/c1-2-3-4-5-8-13-14(17(21)11-16(13)20)12-22-18-10-7-6-9-15(18)19/h4-7,9-10,13-14,16-17,21H,2-3,8,11-12H2,1H3/b5-4-/t13-,14-,16-,17-/m1/s1. The van der Waals surface area contributed by atoms with Gasteiger partial charge in [-0.05, 0) is 37.3 Å². The molecule has 4 heteroatoms. The molecule has 22 heavy (non-hydrogen) atoms. The van der Waals surface area contributed by atoms with Gasteiger partial charge in [0.05, 0.1) is 17.7 Å². The van der Waals surface area contributed by atoms with Gasteiger partial charge in [-0.25, -0.2) is 0 Å². The molecular weight excluding hydrogens is 319 g/mol. The fraction of sp³-hybridized carbons (Fsp3) is 0.556. The van der Waals surface area contributed by atoms with Crippen LogP contribution >= 0.6 is 23.2 Å². The molecule has 0 spiro atoms. The molecule has 0 saturated heterocycles. The summed E-state index contributed by atoms with van der Waals surface area (Å²) < 4.78 is 5.82. The molecule has 2 nitrogen and oxygen atoms in total. The summed E-state index contributed by atoms with van der Waals surface area (Å²) in [7, 11) is 0. The quantitative estimate of drug-likeness (QED) is 0.553. The van der Waals surface area contributed by atoms with Gasteiger partial charge in [0.15, 0.2) is 0 Å². The monoisotopic (exact) mass is 342 g/mol. The van der Waals surface area contributed by atoms with Gasteiger partial charge >= 0.3 is 0 Å². The lowest BCUT2D eigenvalue weighted by Crippen LogP contribution is -2.27. The van der Waals surface area contributed by atoms with Crippen molar-refractivity contribution in [3.63, 3.8) is 0 Å². The summed E-state index contributed by atoms with van der Waals surface area (Å²) in [5, 5.41) is 10.9. The Morgan fingerprint density at radius 1 is 1.27 bits per heavy atom. The van der Waals surface area contributed by atoms with Crippen LogP contribution in [0.15, 0.2) is 36.4 Å². The highest BCUT2D eigenvalue weighted by Crippen LogP contribution is 2.39. The van der Waals surface area contributed by atoms with Crippen LogP contribution < -0.4 is 4.74 Å². The summed E-state index contributed by atoms with van der Waals surface area (Å²) in [5.41, 5.74) is 0. The van der Waals surface area contributed by atoms with Crippen LogP contribution in [0.25, 0.3) is 0 Å². The zero-order valence-electron chi connectivity index (χ0n) is 12.9. The van der Waals surface area contributed by atoms with Crippen molar-refractivity contribution in [1.82, 2.24) is 0 Å². The minimum Gasteiger partial charge on any atom is -0.492 e. The lowest BCUT2D eigenvalue weighted by atomic mass is 9.92. The Balaban J connectivity index is 1.95. The summed E-state index contributed by atoms with van der Waals surface area (Å²) in [6, 6.07) is 7.41. The predicted octanol–water partition coefficient (Wildman–Crippen LogP) is 5.07. The Morgan fingerprint density at radius 2 is 2.05 bits per heavy atom. The number of hydrogen-bond donors (Lipinski definition) is 1. The zero-order chi connectivity index (χ0) is 15.9. The second-order valence-corrected chi connectivity index (χ2v) is 6.85. The summed E-state index contributed by atoms with van der Waals surface area (Å²) in [6.45, 7) is 2.61. The molecule has 0 aromatic heterocycles. The van der Waals surface area contributed by atoms with Crippen molar-refractivity contribution in [2.45, 2.75) is 44.1 Å². The van der Waals surface area contributed by atoms with Gasteiger partial charge in [-0.1, -0.05) is 49.2 Å². The molecular formula is C18H24Cl2O2. The number of para-hydroxylation sites is 1. The second kappa shape index (κ2) is 8.81. The van der Waals surface area contributed by atoms with Crippen molar-refractivity contribution in [2.24, 2.45) is 11.8 Å². The molecule has 0 aliphatic heterocycles. The van der Waals surface area contributed by atoms with Gasteiger partial charge in [-0.2, -0.15) is 0 Å². The first-order valence-electron chi connectivity index (χ1n) is 7.98. The van der Waals surface area contributed by atoms with Gasteiger partial charge < -0.3 is 9.84 Å². The van der Waals surface area contributed by atoms with Crippen molar-refractivity contribution in [2.75, 3.05) is 6.61 Å². The van der Waals surface area contributed by atoms with E-state index in [1.165, 1.54) is 0 Å². The minimum atomic E-state index is -0.408. The van der Waals surface area contributed by atoms with E-state index in [1.54, 1.807) is 6.07 Å². The van der Waals surface area contributed by atoms with Gasteiger partial charge in [0.2, 0.25) is 0 Å². The first kappa shape index (κ1) is 17.7. The molecule has 1 aliphatic carbocycles. The minimum absolute atomic E-state index is 0.00104. The van der Waals surface area contributed by atoms with Crippen LogP contribution in [0.2, 0.25) is 5.02 Å². The number of rotatable bonds is 7. The van der Waals surface area contributed by atoms with E-state index < -0.39 is 6.10 Å². The van der Waals surface area contributed by atoms with E-state index in [4.69, 9.17) is 27.9 Å². The number of halogens is 2. The molecule has 4 atom stereocenters. The lowest BCUT2D eigenvalue weighted by Gasteiger charge is -2.23. The van der Waals surface area contributed by atoms with Crippen LogP contribution in [-0.2, 0) is 0 Å². The Hall–Kier alpha value is -0.700. The fourth-order valence-corrected chi connectivity index (χ4v) is 3.64.